The molecule has 0 amide bonds. The van der Waals surface area contributed by atoms with Crippen LogP contribution >= 0.6 is 11.6 Å². The molecular formula is C14H19ClN4. The molecule has 0 aliphatic carbocycles. The first kappa shape index (κ1) is 13.7. The van der Waals surface area contributed by atoms with E-state index in [9.17, 15) is 0 Å². The monoisotopic (exact) mass is 278 g/mol. The third-order valence-electron chi connectivity index (χ3n) is 3.00. The lowest BCUT2D eigenvalue weighted by molar-refractivity contribution is 0.735. The normalized spacial score (nSPS) is 10.7. The summed E-state index contributed by atoms with van der Waals surface area (Å²) in [5.74, 6) is 0.864. The van der Waals surface area contributed by atoms with Gasteiger partial charge in [-0.15, -0.1) is 0 Å². The maximum atomic E-state index is 6.11. The number of halogens is 1. The lowest BCUT2D eigenvalue weighted by Crippen LogP contribution is -2.06. The third kappa shape index (κ3) is 3.20. The van der Waals surface area contributed by atoms with Gasteiger partial charge in [-0.1, -0.05) is 37.1 Å². The van der Waals surface area contributed by atoms with Crippen molar-refractivity contribution >= 4 is 23.1 Å². The van der Waals surface area contributed by atoms with Crippen LogP contribution in [0.5, 0.6) is 0 Å². The van der Waals surface area contributed by atoms with E-state index in [0.717, 1.165) is 40.6 Å². The van der Waals surface area contributed by atoms with E-state index in [1.54, 1.807) is 4.68 Å². The molecule has 0 bridgehead atoms. The van der Waals surface area contributed by atoms with Gasteiger partial charge in [-0.3, -0.25) is 4.68 Å². The molecule has 0 radical (unpaired) electrons. The minimum absolute atomic E-state index is 0.676. The number of anilines is 2. The van der Waals surface area contributed by atoms with Crippen molar-refractivity contribution < 1.29 is 0 Å². The molecule has 1 aromatic heterocycles. The zero-order valence-corrected chi connectivity index (χ0v) is 12.0. The Hall–Kier alpha value is -1.68. The van der Waals surface area contributed by atoms with Crippen molar-refractivity contribution in [1.29, 1.82) is 0 Å². The largest absolute Gasteiger partial charge is 0.394 e. The lowest BCUT2D eigenvalue weighted by atomic mass is 10.2. The van der Waals surface area contributed by atoms with Crippen LogP contribution in [0.15, 0.2) is 24.3 Å². The molecule has 4 nitrogen and oxygen atoms in total. The molecule has 0 spiro atoms. The Morgan fingerprint density at radius 2 is 2.21 bits per heavy atom. The molecule has 1 heterocycles. The van der Waals surface area contributed by atoms with E-state index in [4.69, 9.17) is 17.3 Å². The number of hydrogen-bond donors (Lipinski definition) is 2. The van der Waals surface area contributed by atoms with Crippen molar-refractivity contribution in [2.75, 3.05) is 11.1 Å². The van der Waals surface area contributed by atoms with Crippen LogP contribution in [0, 0.1) is 0 Å². The van der Waals surface area contributed by atoms with Gasteiger partial charge in [0, 0.05) is 18.6 Å². The van der Waals surface area contributed by atoms with Crippen LogP contribution < -0.4 is 11.1 Å². The summed E-state index contributed by atoms with van der Waals surface area (Å²) in [6.45, 7) is 2.79. The first-order chi connectivity index (χ1) is 9.11. The predicted octanol–water partition coefficient (Wildman–Crippen LogP) is 3.22. The van der Waals surface area contributed by atoms with Crippen LogP contribution in [0.25, 0.3) is 0 Å². The van der Waals surface area contributed by atoms with Gasteiger partial charge < -0.3 is 11.1 Å². The minimum atomic E-state index is 0.676. The molecule has 102 valence electrons. The van der Waals surface area contributed by atoms with Crippen LogP contribution in [-0.4, -0.2) is 9.78 Å². The van der Waals surface area contributed by atoms with E-state index in [2.05, 4.69) is 17.3 Å². The van der Waals surface area contributed by atoms with Crippen LogP contribution in [0.4, 0.5) is 11.5 Å². The summed E-state index contributed by atoms with van der Waals surface area (Å²) in [4.78, 5) is 0. The highest BCUT2D eigenvalue weighted by atomic mass is 35.5. The van der Waals surface area contributed by atoms with E-state index in [1.165, 1.54) is 0 Å². The van der Waals surface area contributed by atoms with Crippen molar-refractivity contribution in [2.24, 2.45) is 7.05 Å². The summed E-state index contributed by atoms with van der Waals surface area (Å²) in [5.41, 5.74) is 8.93. The van der Waals surface area contributed by atoms with E-state index in [-0.39, 0.29) is 0 Å². The molecule has 2 aromatic rings. The van der Waals surface area contributed by atoms with Crippen molar-refractivity contribution in [3.8, 4) is 0 Å². The van der Waals surface area contributed by atoms with E-state index in [0.29, 0.717) is 6.54 Å². The Labute approximate surface area is 118 Å². The summed E-state index contributed by atoms with van der Waals surface area (Å²) in [5, 5.41) is 8.49. The minimum Gasteiger partial charge on any atom is -0.394 e. The van der Waals surface area contributed by atoms with Gasteiger partial charge in [0.25, 0.3) is 0 Å². The second-order valence-corrected chi connectivity index (χ2v) is 5.00. The lowest BCUT2D eigenvalue weighted by Gasteiger charge is -2.08. The van der Waals surface area contributed by atoms with Gasteiger partial charge in [-0.2, -0.15) is 5.10 Å². The van der Waals surface area contributed by atoms with Gasteiger partial charge in [0.05, 0.1) is 11.4 Å². The average molecular weight is 279 g/mol. The van der Waals surface area contributed by atoms with Crippen LogP contribution in [0.1, 0.15) is 24.6 Å². The zero-order chi connectivity index (χ0) is 13.8. The molecule has 0 aliphatic heterocycles. The zero-order valence-electron chi connectivity index (χ0n) is 11.3. The number of hydrogen-bond acceptors (Lipinski definition) is 3. The fraction of sp³-hybridized carbons (Fsp3) is 0.357. The number of nitrogens with two attached hydrogens (primary N) is 1. The maximum absolute atomic E-state index is 6.11. The number of aromatic nitrogens is 2. The molecule has 3 N–H and O–H groups in total. The van der Waals surface area contributed by atoms with Gasteiger partial charge in [0.2, 0.25) is 0 Å². The fourth-order valence-corrected chi connectivity index (χ4v) is 2.27. The Kier molecular flexibility index (Phi) is 4.32. The van der Waals surface area contributed by atoms with Gasteiger partial charge in [0.15, 0.2) is 0 Å². The number of benzene rings is 1. The topological polar surface area (TPSA) is 55.9 Å². The van der Waals surface area contributed by atoms with Crippen LogP contribution in [0.2, 0.25) is 5.02 Å². The molecule has 0 aliphatic rings. The average Bonchev–Trinajstić information content (AvgIpc) is 2.63. The van der Waals surface area contributed by atoms with Gasteiger partial charge in [0.1, 0.15) is 5.82 Å². The number of aryl methyl sites for hydroxylation is 2. The first-order valence-corrected chi connectivity index (χ1v) is 6.79. The molecule has 0 saturated carbocycles. The van der Waals surface area contributed by atoms with Crippen LogP contribution in [-0.2, 0) is 20.0 Å². The molecule has 5 heteroatoms. The molecule has 0 saturated heterocycles. The molecule has 0 atom stereocenters. The Bertz CT molecular complexity index is 563. The van der Waals surface area contributed by atoms with E-state index >= 15 is 0 Å². The van der Waals surface area contributed by atoms with E-state index in [1.807, 2.05) is 31.3 Å². The highest BCUT2D eigenvalue weighted by Crippen LogP contribution is 2.23. The molecular weight excluding hydrogens is 260 g/mol. The fourth-order valence-electron chi connectivity index (χ4n) is 2.06. The molecule has 0 fully saturated rings. The Morgan fingerprint density at radius 3 is 2.89 bits per heavy atom. The Balaban J connectivity index is 2.11. The predicted molar refractivity (Wildman–Crippen MR) is 80.4 cm³/mol. The standard InChI is InChI=1S/C14H19ClN4/c1-3-5-12-13(16)14(19(2)18-12)17-9-10-6-4-7-11(15)8-10/h4,6-8,17H,3,5,9,16H2,1-2H3. The quantitative estimate of drug-likeness (QED) is 0.883. The molecule has 0 unspecified atom stereocenters. The first-order valence-electron chi connectivity index (χ1n) is 6.41. The number of nitrogen functional groups attached to an aromatic ring is 1. The third-order valence-corrected chi connectivity index (χ3v) is 3.23. The summed E-state index contributed by atoms with van der Waals surface area (Å²) in [6.07, 6.45) is 1.94. The number of nitrogens with zero attached hydrogens (tertiary/aromatic N) is 2. The van der Waals surface area contributed by atoms with Crippen molar-refractivity contribution in [3.05, 3.63) is 40.5 Å². The van der Waals surface area contributed by atoms with Crippen molar-refractivity contribution in [3.63, 3.8) is 0 Å². The second-order valence-electron chi connectivity index (χ2n) is 4.57. The van der Waals surface area contributed by atoms with Crippen molar-refractivity contribution in [1.82, 2.24) is 9.78 Å². The SMILES string of the molecule is CCCc1nn(C)c(NCc2cccc(Cl)c2)c1N. The maximum Gasteiger partial charge on any atom is 0.148 e. The summed E-state index contributed by atoms with van der Waals surface area (Å²) < 4.78 is 1.80. The number of nitrogens with one attached hydrogen (secondary N) is 1. The highest BCUT2D eigenvalue weighted by molar-refractivity contribution is 6.30. The highest BCUT2D eigenvalue weighted by Gasteiger charge is 2.12. The van der Waals surface area contributed by atoms with Crippen LogP contribution in [0.3, 0.4) is 0 Å². The van der Waals surface area contributed by atoms with Gasteiger partial charge in [-0.25, -0.2) is 0 Å². The van der Waals surface area contributed by atoms with E-state index < -0.39 is 0 Å². The second kappa shape index (κ2) is 5.97. The van der Waals surface area contributed by atoms with Crippen molar-refractivity contribution in [2.45, 2.75) is 26.3 Å². The molecule has 19 heavy (non-hydrogen) atoms. The summed E-state index contributed by atoms with van der Waals surface area (Å²) in [6, 6.07) is 7.77. The van der Waals surface area contributed by atoms with Gasteiger partial charge in [-0.05, 0) is 24.1 Å². The summed E-state index contributed by atoms with van der Waals surface area (Å²) in [7, 11) is 1.90. The van der Waals surface area contributed by atoms with Gasteiger partial charge >= 0.3 is 0 Å². The Morgan fingerprint density at radius 1 is 1.42 bits per heavy atom. The number of rotatable bonds is 5. The molecule has 2 rings (SSSR count). The summed E-state index contributed by atoms with van der Waals surface area (Å²) >= 11 is 5.96. The molecule has 1 aromatic carbocycles. The smallest absolute Gasteiger partial charge is 0.148 e.